The van der Waals surface area contributed by atoms with Crippen molar-refractivity contribution in [2.45, 2.75) is 26.7 Å². The molecule has 0 aliphatic rings. The van der Waals surface area contributed by atoms with E-state index in [-0.39, 0.29) is 11.8 Å². The van der Waals surface area contributed by atoms with Gasteiger partial charge in [0.25, 0.3) is 0 Å². The van der Waals surface area contributed by atoms with Crippen molar-refractivity contribution in [1.29, 1.82) is 0 Å². The van der Waals surface area contributed by atoms with E-state index in [9.17, 15) is 9.59 Å². The van der Waals surface area contributed by atoms with Gasteiger partial charge in [0.1, 0.15) is 0 Å². The van der Waals surface area contributed by atoms with Crippen LogP contribution in [0.5, 0.6) is 0 Å². The monoisotopic (exact) mass is 240 g/mol. The third-order valence-electron chi connectivity index (χ3n) is 2.51. The highest BCUT2D eigenvalue weighted by Gasteiger charge is 2.29. The second-order valence-corrected chi connectivity index (χ2v) is 5.22. The standard InChI is InChI=1S/C12H16O3S/c1-12(2,11(14)15-3)7-6-9(13)10-5-4-8-16-10/h4-5,8H,6-7H2,1-3H3. The summed E-state index contributed by atoms with van der Waals surface area (Å²) in [4.78, 5) is 23.9. The van der Waals surface area contributed by atoms with Crippen molar-refractivity contribution in [3.8, 4) is 0 Å². The number of Topliss-reactive ketones (excluding diaryl/α,β-unsaturated/α-hetero) is 1. The van der Waals surface area contributed by atoms with Gasteiger partial charge in [-0.25, -0.2) is 0 Å². The number of rotatable bonds is 5. The number of hydrogen-bond acceptors (Lipinski definition) is 4. The summed E-state index contributed by atoms with van der Waals surface area (Å²) < 4.78 is 4.69. The van der Waals surface area contributed by atoms with Crippen LogP contribution in [0.4, 0.5) is 0 Å². The highest BCUT2D eigenvalue weighted by Crippen LogP contribution is 2.25. The van der Waals surface area contributed by atoms with E-state index in [1.54, 1.807) is 19.9 Å². The number of carbonyl (C=O) groups is 2. The largest absolute Gasteiger partial charge is 0.469 e. The second-order valence-electron chi connectivity index (χ2n) is 4.28. The molecule has 1 aromatic heterocycles. The van der Waals surface area contributed by atoms with Crippen molar-refractivity contribution in [2.24, 2.45) is 5.41 Å². The maximum absolute atomic E-state index is 11.7. The predicted molar refractivity (Wildman–Crippen MR) is 63.7 cm³/mol. The van der Waals surface area contributed by atoms with Crippen molar-refractivity contribution in [3.05, 3.63) is 22.4 Å². The molecule has 0 fully saturated rings. The Morgan fingerprint density at radius 1 is 1.44 bits per heavy atom. The van der Waals surface area contributed by atoms with Crippen molar-refractivity contribution in [3.63, 3.8) is 0 Å². The molecule has 16 heavy (non-hydrogen) atoms. The molecule has 0 amide bonds. The zero-order chi connectivity index (χ0) is 12.2. The molecule has 0 aromatic carbocycles. The summed E-state index contributed by atoms with van der Waals surface area (Å²) in [5, 5.41) is 1.87. The topological polar surface area (TPSA) is 43.4 Å². The van der Waals surface area contributed by atoms with Gasteiger partial charge in [0.2, 0.25) is 0 Å². The lowest BCUT2D eigenvalue weighted by Gasteiger charge is -2.20. The van der Waals surface area contributed by atoms with Gasteiger partial charge in [-0.2, -0.15) is 0 Å². The lowest BCUT2D eigenvalue weighted by molar-refractivity contribution is -0.151. The van der Waals surface area contributed by atoms with Crippen molar-refractivity contribution in [2.75, 3.05) is 7.11 Å². The number of ketones is 1. The summed E-state index contributed by atoms with van der Waals surface area (Å²) in [6.07, 6.45) is 0.888. The first kappa shape index (κ1) is 12.9. The Morgan fingerprint density at radius 3 is 2.62 bits per heavy atom. The molecule has 1 aromatic rings. The van der Waals surface area contributed by atoms with Crippen LogP contribution in [0.15, 0.2) is 17.5 Å². The fraction of sp³-hybridized carbons (Fsp3) is 0.500. The van der Waals surface area contributed by atoms with E-state index < -0.39 is 5.41 Å². The average molecular weight is 240 g/mol. The van der Waals surface area contributed by atoms with Crippen molar-refractivity contribution < 1.29 is 14.3 Å². The molecular weight excluding hydrogens is 224 g/mol. The van der Waals surface area contributed by atoms with E-state index in [2.05, 4.69) is 0 Å². The summed E-state index contributed by atoms with van der Waals surface area (Å²) in [5.74, 6) is -0.182. The lowest BCUT2D eigenvalue weighted by atomic mass is 9.87. The van der Waals surface area contributed by atoms with Gasteiger partial charge in [-0.15, -0.1) is 11.3 Å². The molecule has 0 bridgehead atoms. The summed E-state index contributed by atoms with van der Waals surface area (Å²) >= 11 is 1.43. The molecule has 0 unspecified atom stereocenters. The molecule has 88 valence electrons. The van der Waals surface area contributed by atoms with E-state index in [0.717, 1.165) is 4.88 Å². The smallest absolute Gasteiger partial charge is 0.311 e. The van der Waals surface area contributed by atoms with Gasteiger partial charge in [0.05, 0.1) is 17.4 Å². The van der Waals surface area contributed by atoms with Gasteiger partial charge in [-0.05, 0) is 31.7 Å². The molecule has 0 atom stereocenters. The third-order valence-corrected chi connectivity index (χ3v) is 3.42. The average Bonchev–Trinajstić information content (AvgIpc) is 2.78. The Labute approximate surface area is 99.4 Å². The minimum absolute atomic E-state index is 0.0898. The zero-order valence-corrected chi connectivity index (χ0v) is 10.6. The molecule has 4 heteroatoms. The van der Waals surface area contributed by atoms with Crippen LogP contribution in [0.2, 0.25) is 0 Å². The number of methoxy groups -OCH3 is 1. The summed E-state index contributed by atoms with van der Waals surface area (Å²) in [6, 6.07) is 3.65. The molecule has 0 saturated heterocycles. The zero-order valence-electron chi connectivity index (χ0n) is 9.78. The first-order valence-corrected chi connectivity index (χ1v) is 6.00. The van der Waals surface area contributed by atoms with Crippen LogP contribution in [0.1, 0.15) is 36.4 Å². The molecule has 0 saturated carbocycles. The quantitative estimate of drug-likeness (QED) is 0.587. The van der Waals surface area contributed by atoms with Gasteiger partial charge < -0.3 is 4.74 Å². The lowest BCUT2D eigenvalue weighted by Crippen LogP contribution is -2.26. The van der Waals surface area contributed by atoms with Crippen molar-refractivity contribution in [1.82, 2.24) is 0 Å². The maximum Gasteiger partial charge on any atom is 0.311 e. The Balaban J connectivity index is 2.52. The highest BCUT2D eigenvalue weighted by molar-refractivity contribution is 7.12. The molecule has 0 spiro atoms. The molecule has 0 radical (unpaired) electrons. The second kappa shape index (κ2) is 5.25. The number of ether oxygens (including phenoxy) is 1. The van der Waals surface area contributed by atoms with E-state index >= 15 is 0 Å². The Morgan fingerprint density at radius 2 is 2.12 bits per heavy atom. The van der Waals surface area contributed by atoms with Crippen molar-refractivity contribution >= 4 is 23.1 Å². The summed E-state index contributed by atoms with van der Waals surface area (Å²) in [6.45, 7) is 3.58. The van der Waals surface area contributed by atoms with Gasteiger partial charge in [0.15, 0.2) is 5.78 Å². The van der Waals surface area contributed by atoms with E-state index in [1.807, 2.05) is 11.4 Å². The normalized spacial score (nSPS) is 11.2. The first-order chi connectivity index (χ1) is 7.47. The van der Waals surface area contributed by atoms with E-state index in [1.165, 1.54) is 18.4 Å². The van der Waals surface area contributed by atoms with Crippen LogP contribution >= 0.6 is 11.3 Å². The highest BCUT2D eigenvalue weighted by atomic mass is 32.1. The Bertz CT molecular complexity index is 366. The molecular formula is C12H16O3S. The van der Waals surface area contributed by atoms with Gasteiger partial charge in [0, 0.05) is 6.42 Å². The molecule has 0 N–H and O–H groups in total. The van der Waals surface area contributed by atoms with E-state index in [4.69, 9.17) is 4.74 Å². The van der Waals surface area contributed by atoms with Gasteiger partial charge >= 0.3 is 5.97 Å². The predicted octanol–water partition coefficient (Wildman–Crippen LogP) is 2.91. The SMILES string of the molecule is COC(=O)C(C)(C)CCC(=O)c1cccs1. The third kappa shape index (κ3) is 3.17. The molecule has 1 heterocycles. The minimum atomic E-state index is -0.596. The minimum Gasteiger partial charge on any atom is -0.469 e. The van der Waals surface area contributed by atoms with Crippen LogP contribution < -0.4 is 0 Å². The molecule has 0 aliphatic heterocycles. The van der Waals surface area contributed by atoms with Gasteiger partial charge in [-0.1, -0.05) is 6.07 Å². The molecule has 3 nitrogen and oxygen atoms in total. The van der Waals surface area contributed by atoms with Crippen LogP contribution in [0.25, 0.3) is 0 Å². The number of carbonyl (C=O) groups excluding carboxylic acids is 2. The fourth-order valence-corrected chi connectivity index (χ4v) is 2.06. The fourth-order valence-electron chi connectivity index (χ4n) is 1.36. The van der Waals surface area contributed by atoms with Gasteiger partial charge in [-0.3, -0.25) is 9.59 Å². The Hall–Kier alpha value is -1.16. The van der Waals surface area contributed by atoms with E-state index in [0.29, 0.717) is 12.8 Å². The van der Waals surface area contributed by atoms with Crippen LogP contribution in [0.3, 0.4) is 0 Å². The molecule has 1 rings (SSSR count). The number of thiophene rings is 1. The van der Waals surface area contributed by atoms with Crippen LogP contribution in [-0.4, -0.2) is 18.9 Å². The number of hydrogen-bond donors (Lipinski definition) is 0. The summed E-state index contributed by atoms with van der Waals surface area (Å²) in [7, 11) is 1.37. The molecule has 0 aliphatic carbocycles. The Kier molecular flexibility index (Phi) is 4.24. The summed E-state index contributed by atoms with van der Waals surface area (Å²) in [5.41, 5.74) is -0.596. The van der Waals surface area contributed by atoms with Crippen LogP contribution in [-0.2, 0) is 9.53 Å². The first-order valence-electron chi connectivity index (χ1n) is 5.12. The number of esters is 1. The maximum atomic E-state index is 11.7. The van der Waals surface area contributed by atoms with Crippen LogP contribution in [0, 0.1) is 5.41 Å².